The van der Waals surface area contributed by atoms with E-state index >= 15 is 0 Å². The maximum absolute atomic E-state index is 14.7. The van der Waals surface area contributed by atoms with Crippen LogP contribution in [-0.2, 0) is 19.1 Å². The van der Waals surface area contributed by atoms with Crippen molar-refractivity contribution in [1.29, 1.82) is 0 Å². The summed E-state index contributed by atoms with van der Waals surface area (Å²) in [7, 11) is 0. The van der Waals surface area contributed by atoms with E-state index in [-0.39, 0.29) is 30.2 Å². The van der Waals surface area contributed by atoms with Gasteiger partial charge < -0.3 is 29.3 Å². The number of ether oxygens (including phenoxy) is 2. The molecule has 1 spiro atoms. The zero-order chi connectivity index (χ0) is 30.6. The highest BCUT2D eigenvalue weighted by atomic mass is 16.5. The first kappa shape index (κ1) is 30.3. The number of likely N-dealkylation sites (tertiary alicyclic amines) is 1. The summed E-state index contributed by atoms with van der Waals surface area (Å²) < 4.78 is 12.7. The van der Waals surface area contributed by atoms with Gasteiger partial charge in [-0.2, -0.15) is 0 Å². The standard InChI is InChI=1S/C33H45N3O6/c1-8-32-16-10-18-34(22-12-14-23(15-13-22)41-9-2)28(38)25(32)26-29(39)36(24(20-37)21(3)4)27-30(40)35(31(5,6)7)19-11-17-33(26,27)42-32/h10-17,21,24-27,37H,8-9,18-20H2,1-7H3/t24-,25+,26-,27?,32-,33-/m0/s1. The first-order chi connectivity index (χ1) is 19.9. The fourth-order valence-electron chi connectivity index (χ4n) is 7.40. The van der Waals surface area contributed by atoms with Crippen LogP contribution in [0, 0.1) is 17.8 Å². The van der Waals surface area contributed by atoms with Crippen LogP contribution in [0.2, 0.25) is 0 Å². The van der Waals surface area contributed by atoms with E-state index in [1.54, 1.807) is 14.7 Å². The zero-order valence-electron chi connectivity index (χ0n) is 25.9. The van der Waals surface area contributed by atoms with Gasteiger partial charge in [-0.1, -0.05) is 45.1 Å². The number of fused-ring (bicyclic) bond motifs is 2. The molecule has 0 bridgehead atoms. The molecule has 42 heavy (non-hydrogen) atoms. The fourth-order valence-corrected chi connectivity index (χ4v) is 7.40. The molecular weight excluding hydrogens is 534 g/mol. The Bertz CT molecular complexity index is 1280. The number of carbonyl (C=O) groups excluding carboxylic acids is 3. The monoisotopic (exact) mass is 579 g/mol. The molecule has 0 aliphatic carbocycles. The normalized spacial score (nSPS) is 31.7. The predicted molar refractivity (Wildman–Crippen MR) is 160 cm³/mol. The lowest BCUT2D eigenvalue weighted by Crippen LogP contribution is -2.62. The molecule has 2 fully saturated rings. The molecule has 6 atom stereocenters. The first-order valence-electron chi connectivity index (χ1n) is 15.2. The molecule has 1 aromatic carbocycles. The number of amides is 3. The van der Waals surface area contributed by atoms with Gasteiger partial charge in [0.2, 0.25) is 17.7 Å². The minimum atomic E-state index is -1.36. The largest absolute Gasteiger partial charge is 0.494 e. The summed E-state index contributed by atoms with van der Waals surface area (Å²) in [6.45, 7) is 14.6. The minimum Gasteiger partial charge on any atom is -0.494 e. The van der Waals surface area contributed by atoms with Crippen LogP contribution in [0.3, 0.4) is 0 Å². The molecule has 9 nitrogen and oxygen atoms in total. The highest BCUT2D eigenvalue weighted by Gasteiger charge is 2.76. The molecule has 9 heteroatoms. The van der Waals surface area contributed by atoms with Crippen molar-refractivity contribution in [2.24, 2.45) is 17.8 Å². The average molecular weight is 580 g/mol. The molecule has 2 saturated heterocycles. The van der Waals surface area contributed by atoms with Gasteiger partial charge in [0.1, 0.15) is 17.4 Å². The number of nitrogens with zero attached hydrogens (tertiary/aromatic N) is 3. The molecule has 4 aliphatic rings. The lowest BCUT2D eigenvalue weighted by atomic mass is 9.73. The number of hydrogen-bond donors (Lipinski definition) is 1. The van der Waals surface area contributed by atoms with E-state index in [0.29, 0.717) is 37.6 Å². The third-order valence-corrected chi connectivity index (χ3v) is 9.46. The summed E-state index contributed by atoms with van der Waals surface area (Å²) in [5.41, 5.74) is -2.26. The Morgan fingerprint density at radius 1 is 0.976 bits per heavy atom. The Kier molecular flexibility index (Phi) is 7.81. The molecule has 1 N–H and O–H groups in total. The van der Waals surface area contributed by atoms with Crippen molar-refractivity contribution in [2.75, 3.05) is 31.2 Å². The number of hydrogen-bond acceptors (Lipinski definition) is 6. The number of aliphatic hydroxyl groups is 1. The SMILES string of the molecule is CCOc1ccc(N2CC=C[C@]3(CC)O[C@]45C=CCN(C(C)(C)C)C(=O)C4N([C@@H](CO)C(C)C)C(=O)[C@@H]5[C@@H]3C2=O)cc1. The second-order valence-corrected chi connectivity index (χ2v) is 13.2. The van der Waals surface area contributed by atoms with E-state index in [4.69, 9.17) is 9.47 Å². The molecule has 0 saturated carbocycles. The maximum Gasteiger partial charge on any atom is 0.249 e. The fraction of sp³-hybridized carbons (Fsp3) is 0.606. The van der Waals surface area contributed by atoms with Crippen molar-refractivity contribution in [3.63, 3.8) is 0 Å². The molecule has 4 aliphatic heterocycles. The summed E-state index contributed by atoms with van der Waals surface area (Å²) in [5.74, 6) is -1.98. The molecule has 3 amide bonds. The quantitative estimate of drug-likeness (QED) is 0.496. The molecule has 1 unspecified atom stereocenters. The number of benzene rings is 1. The van der Waals surface area contributed by atoms with Crippen LogP contribution < -0.4 is 9.64 Å². The Morgan fingerprint density at radius 2 is 1.64 bits per heavy atom. The van der Waals surface area contributed by atoms with Gasteiger partial charge in [-0.05, 0) is 64.3 Å². The van der Waals surface area contributed by atoms with Crippen molar-refractivity contribution in [3.8, 4) is 5.75 Å². The van der Waals surface area contributed by atoms with Gasteiger partial charge in [-0.15, -0.1) is 0 Å². The van der Waals surface area contributed by atoms with Crippen molar-refractivity contribution in [1.82, 2.24) is 9.80 Å². The molecule has 1 aromatic rings. The molecule has 0 aromatic heterocycles. The Hall–Kier alpha value is -3.17. The van der Waals surface area contributed by atoms with Gasteiger partial charge in [-0.3, -0.25) is 14.4 Å². The molecule has 0 radical (unpaired) electrons. The Balaban J connectivity index is 1.67. The predicted octanol–water partition coefficient (Wildman–Crippen LogP) is 3.56. The molecule has 4 heterocycles. The van der Waals surface area contributed by atoms with Crippen LogP contribution >= 0.6 is 0 Å². The summed E-state index contributed by atoms with van der Waals surface area (Å²) in [5, 5.41) is 10.5. The van der Waals surface area contributed by atoms with Gasteiger partial charge in [0.25, 0.3) is 0 Å². The lowest BCUT2D eigenvalue weighted by molar-refractivity contribution is -0.159. The lowest BCUT2D eigenvalue weighted by Gasteiger charge is -2.44. The van der Waals surface area contributed by atoms with Crippen molar-refractivity contribution < 1.29 is 29.0 Å². The number of anilines is 1. The molecule has 228 valence electrons. The van der Waals surface area contributed by atoms with Crippen molar-refractivity contribution in [3.05, 3.63) is 48.6 Å². The Morgan fingerprint density at radius 3 is 2.21 bits per heavy atom. The van der Waals surface area contributed by atoms with Crippen LogP contribution in [-0.4, -0.2) is 87.8 Å². The minimum absolute atomic E-state index is 0.126. The summed E-state index contributed by atoms with van der Waals surface area (Å²) in [6.07, 6.45) is 8.09. The van der Waals surface area contributed by atoms with Gasteiger partial charge in [0, 0.05) is 24.3 Å². The maximum atomic E-state index is 14.7. The highest BCUT2D eigenvalue weighted by molar-refractivity contribution is 6.04. The van der Waals surface area contributed by atoms with Crippen LogP contribution in [0.1, 0.15) is 54.9 Å². The van der Waals surface area contributed by atoms with E-state index < -0.39 is 40.7 Å². The van der Waals surface area contributed by atoms with Gasteiger partial charge in [0.05, 0.1) is 36.7 Å². The topological polar surface area (TPSA) is 99.6 Å². The van der Waals surface area contributed by atoms with Gasteiger partial charge in [0.15, 0.2) is 0 Å². The second kappa shape index (κ2) is 10.8. The zero-order valence-corrected chi connectivity index (χ0v) is 25.9. The summed E-state index contributed by atoms with van der Waals surface area (Å²) in [6, 6.07) is 5.75. The summed E-state index contributed by atoms with van der Waals surface area (Å²) in [4.78, 5) is 48.9. The van der Waals surface area contributed by atoms with Crippen LogP contribution in [0.4, 0.5) is 5.69 Å². The highest BCUT2D eigenvalue weighted by Crippen LogP contribution is 2.59. The van der Waals surface area contributed by atoms with Gasteiger partial charge in [-0.25, -0.2) is 0 Å². The third kappa shape index (κ3) is 4.47. The van der Waals surface area contributed by atoms with E-state index in [1.165, 1.54) is 0 Å². The Labute approximate surface area is 249 Å². The first-order valence-corrected chi connectivity index (χ1v) is 15.2. The van der Waals surface area contributed by atoms with Crippen molar-refractivity contribution in [2.45, 2.75) is 83.7 Å². The molecular formula is C33H45N3O6. The van der Waals surface area contributed by atoms with Crippen LogP contribution in [0.15, 0.2) is 48.6 Å². The number of rotatable bonds is 7. The van der Waals surface area contributed by atoms with Crippen LogP contribution in [0.25, 0.3) is 0 Å². The van der Waals surface area contributed by atoms with Gasteiger partial charge >= 0.3 is 0 Å². The smallest absolute Gasteiger partial charge is 0.249 e. The van der Waals surface area contributed by atoms with Crippen molar-refractivity contribution >= 4 is 23.4 Å². The second-order valence-electron chi connectivity index (χ2n) is 13.2. The molecule has 5 rings (SSSR count). The van der Waals surface area contributed by atoms with Crippen LogP contribution in [0.5, 0.6) is 5.75 Å². The van der Waals surface area contributed by atoms with E-state index in [0.717, 1.165) is 0 Å². The average Bonchev–Trinajstić information content (AvgIpc) is 3.21. The van der Waals surface area contributed by atoms with E-state index in [2.05, 4.69) is 0 Å². The number of aliphatic hydroxyl groups excluding tert-OH is 1. The summed E-state index contributed by atoms with van der Waals surface area (Å²) >= 11 is 0. The number of carbonyl (C=O) groups is 3. The van der Waals surface area contributed by atoms with E-state index in [9.17, 15) is 19.5 Å². The third-order valence-electron chi connectivity index (χ3n) is 9.46. The van der Waals surface area contributed by atoms with E-state index in [1.807, 2.05) is 97.0 Å².